The molecule has 2 heterocycles. The molecule has 0 atom stereocenters. The molecule has 1 aliphatic rings. The van der Waals surface area contributed by atoms with Crippen molar-refractivity contribution in [3.05, 3.63) is 58.8 Å². The van der Waals surface area contributed by atoms with Gasteiger partial charge in [0.25, 0.3) is 15.8 Å². The molecule has 0 radical (unpaired) electrons. The Morgan fingerprint density at radius 2 is 1.80 bits per heavy atom. The van der Waals surface area contributed by atoms with E-state index in [1.165, 1.54) is 0 Å². The van der Waals surface area contributed by atoms with E-state index >= 15 is 0 Å². The third kappa shape index (κ3) is 6.86. The van der Waals surface area contributed by atoms with Gasteiger partial charge in [0.05, 0.1) is 20.4 Å². The number of benzene rings is 1. The SMILES string of the molecule is COc1ccc([C@]2(CNS(N)(=O)=O)CC[C@H](Nc3cc(-c4cnn(C)c4)cn(CC(C)C)c3=O)CC2)cc1OC. The lowest BCUT2D eigenvalue weighted by Gasteiger charge is -2.41. The molecule has 0 unspecified atom stereocenters. The van der Waals surface area contributed by atoms with Crippen molar-refractivity contribution < 1.29 is 17.9 Å². The van der Waals surface area contributed by atoms with Gasteiger partial charge in [-0.1, -0.05) is 19.9 Å². The van der Waals surface area contributed by atoms with Crippen LogP contribution < -0.4 is 30.2 Å². The van der Waals surface area contributed by atoms with E-state index in [-0.39, 0.29) is 18.1 Å². The number of aromatic nitrogens is 3. The molecule has 2 aromatic heterocycles. The van der Waals surface area contributed by atoms with Crippen LogP contribution in [-0.4, -0.2) is 49.6 Å². The Bertz CT molecular complexity index is 1490. The second-order valence-electron chi connectivity index (χ2n) is 11.0. The van der Waals surface area contributed by atoms with Gasteiger partial charge >= 0.3 is 0 Å². The van der Waals surface area contributed by atoms with E-state index in [4.69, 9.17) is 14.6 Å². The molecule has 12 heteroatoms. The minimum atomic E-state index is -3.88. The topological polar surface area (TPSA) is 142 Å². The number of pyridine rings is 1. The number of rotatable bonds is 11. The van der Waals surface area contributed by atoms with Crippen molar-refractivity contribution >= 4 is 15.9 Å². The molecule has 0 bridgehead atoms. The second kappa shape index (κ2) is 12.0. The number of nitrogens with one attached hydrogen (secondary N) is 2. The maximum Gasteiger partial charge on any atom is 0.274 e. The average molecular weight is 573 g/mol. The van der Waals surface area contributed by atoms with Gasteiger partial charge in [0, 0.05) is 55.1 Å². The van der Waals surface area contributed by atoms with Crippen LogP contribution in [0.4, 0.5) is 5.69 Å². The second-order valence-corrected chi connectivity index (χ2v) is 12.4. The van der Waals surface area contributed by atoms with Crippen LogP contribution in [0.5, 0.6) is 11.5 Å². The van der Waals surface area contributed by atoms with Crippen molar-refractivity contribution in [1.29, 1.82) is 0 Å². The normalized spacial score (nSPS) is 19.5. The summed E-state index contributed by atoms with van der Waals surface area (Å²) >= 11 is 0. The lowest BCUT2D eigenvalue weighted by atomic mass is 9.68. The highest BCUT2D eigenvalue weighted by atomic mass is 32.2. The predicted octanol–water partition coefficient (Wildman–Crippen LogP) is 3.01. The molecule has 0 spiro atoms. The molecule has 4 N–H and O–H groups in total. The fourth-order valence-corrected chi connectivity index (χ4v) is 5.98. The van der Waals surface area contributed by atoms with Crippen molar-refractivity contribution in [2.45, 2.75) is 57.5 Å². The molecule has 4 rings (SSSR count). The van der Waals surface area contributed by atoms with Crippen LogP contribution >= 0.6 is 0 Å². The van der Waals surface area contributed by atoms with Crippen LogP contribution in [0.15, 0.2) is 47.7 Å². The molecular formula is C28H40N6O5S. The monoisotopic (exact) mass is 572 g/mol. The zero-order valence-electron chi connectivity index (χ0n) is 23.8. The van der Waals surface area contributed by atoms with Gasteiger partial charge < -0.3 is 19.4 Å². The van der Waals surface area contributed by atoms with Crippen LogP contribution in [0.1, 0.15) is 45.1 Å². The van der Waals surface area contributed by atoms with E-state index in [1.807, 2.05) is 43.7 Å². The molecule has 0 amide bonds. The van der Waals surface area contributed by atoms with Crippen molar-refractivity contribution in [3.8, 4) is 22.6 Å². The highest BCUT2D eigenvalue weighted by Crippen LogP contribution is 2.42. The van der Waals surface area contributed by atoms with Crippen LogP contribution in [-0.2, 0) is 29.2 Å². The first kappa shape index (κ1) is 29.6. The van der Waals surface area contributed by atoms with E-state index in [0.29, 0.717) is 42.5 Å². The van der Waals surface area contributed by atoms with Gasteiger partial charge in [0.2, 0.25) is 0 Å². The number of nitrogens with zero attached hydrogens (tertiary/aromatic N) is 3. The number of anilines is 1. The van der Waals surface area contributed by atoms with Gasteiger partial charge in [-0.3, -0.25) is 9.48 Å². The first-order valence-electron chi connectivity index (χ1n) is 13.4. The Kier molecular flexibility index (Phi) is 8.91. The van der Waals surface area contributed by atoms with Gasteiger partial charge in [-0.15, -0.1) is 0 Å². The van der Waals surface area contributed by atoms with E-state index in [1.54, 1.807) is 29.7 Å². The largest absolute Gasteiger partial charge is 0.493 e. The third-order valence-electron chi connectivity index (χ3n) is 7.60. The highest BCUT2D eigenvalue weighted by molar-refractivity contribution is 7.87. The summed E-state index contributed by atoms with van der Waals surface area (Å²) in [7, 11) is 1.13. The van der Waals surface area contributed by atoms with E-state index in [2.05, 4.69) is 29.0 Å². The molecule has 0 saturated heterocycles. The Morgan fingerprint density at radius 3 is 2.38 bits per heavy atom. The highest BCUT2D eigenvalue weighted by Gasteiger charge is 2.38. The van der Waals surface area contributed by atoms with Crippen molar-refractivity contribution in [2.24, 2.45) is 18.1 Å². The summed E-state index contributed by atoms with van der Waals surface area (Å²) in [4.78, 5) is 13.4. The summed E-state index contributed by atoms with van der Waals surface area (Å²) in [5.74, 6) is 1.48. The maximum atomic E-state index is 13.4. The van der Waals surface area contributed by atoms with Crippen molar-refractivity contribution in [2.75, 3.05) is 26.1 Å². The molecular weight excluding hydrogens is 532 g/mol. The smallest absolute Gasteiger partial charge is 0.274 e. The summed E-state index contributed by atoms with van der Waals surface area (Å²) in [5, 5.41) is 13.1. The molecule has 218 valence electrons. The third-order valence-corrected chi connectivity index (χ3v) is 8.14. The molecule has 11 nitrogen and oxygen atoms in total. The molecule has 0 aliphatic heterocycles. The van der Waals surface area contributed by atoms with E-state index < -0.39 is 15.6 Å². The summed E-state index contributed by atoms with van der Waals surface area (Å²) in [5.41, 5.74) is 2.79. The number of aryl methyl sites for hydroxylation is 1. The minimum absolute atomic E-state index is 0.0344. The lowest BCUT2D eigenvalue weighted by Crippen LogP contribution is -2.47. The first-order chi connectivity index (χ1) is 18.9. The maximum absolute atomic E-state index is 13.4. The lowest BCUT2D eigenvalue weighted by molar-refractivity contribution is 0.276. The molecule has 1 aromatic carbocycles. The zero-order valence-corrected chi connectivity index (χ0v) is 24.6. The summed E-state index contributed by atoms with van der Waals surface area (Å²) < 4.78 is 40.6. The molecule has 3 aromatic rings. The molecule has 1 aliphatic carbocycles. The van der Waals surface area contributed by atoms with Crippen LogP contribution in [0.2, 0.25) is 0 Å². The van der Waals surface area contributed by atoms with Gasteiger partial charge in [0.1, 0.15) is 5.69 Å². The number of hydrogen-bond acceptors (Lipinski definition) is 7. The zero-order chi connectivity index (χ0) is 29.1. The predicted molar refractivity (Wildman–Crippen MR) is 156 cm³/mol. The van der Waals surface area contributed by atoms with Gasteiger partial charge in [-0.2, -0.15) is 13.5 Å². The quantitative estimate of drug-likeness (QED) is 0.321. The van der Waals surface area contributed by atoms with Gasteiger partial charge in [0.15, 0.2) is 11.5 Å². The molecule has 40 heavy (non-hydrogen) atoms. The summed E-state index contributed by atoms with van der Waals surface area (Å²) in [6.45, 7) is 4.93. The van der Waals surface area contributed by atoms with Crippen molar-refractivity contribution in [1.82, 2.24) is 19.1 Å². The Hall–Kier alpha value is -3.35. The Labute approximate surface area is 235 Å². The van der Waals surface area contributed by atoms with E-state index in [0.717, 1.165) is 29.5 Å². The van der Waals surface area contributed by atoms with Crippen LogP contribution in [0.25, 0.3) is 11.1 Å². The van der Waals surface area contributed by atoms with Crippen LogP contribution in [0, 0.1) is 5.92 Å². The Morgan fingerprint density at radius 1 is 1.10 bits per heavy atom. The number of methoxy groups -OCH3 is 2. The summed E-state index contributed by atoms with van der Waals surface area (Å²) in [6, 6.07) is 7.61. The van der Waals surface area contributed by atoms with Crippen LogP contribution in [0.3, 0.4) is 0 Å². The number of nitrogens with two attached hydrogens (primary N) is 1. The number of ether oxygens (including phenoxy) is 2. The van der Waals surface area contributed by atoms with Gasteiger partial charge in [-0.05, 0) is 55.4 Å². The Balaban J connectivity index is 1.61. The van der Waals surface area contributed by atoms with E-state index in [9.17, 15) is 13.2 Å². The average Bonchev–Trinajstić information content (AvgIpc) is 3.35. The summed E-state index contributed by atoms with van der Waals surface area (Å²) in [6.07, 6.45) is 8.41. The van der Waals surface area contributed by atoms with Gasteiger partial charge in [-0.25, -0.2) is 9.86 Å². The number of hydrogen-bond donors (Lipinski definition) is 3. The fourth-order valence-electron chi connectivity index (χ4n) is 5.50. The first-order valence-corrected chi connectivity index (χ1v) is 15.0. The van der Waals surface area contributed by atoms with Crippen molar-refractivity contribution in [3.63, 3.8) is 0 Å². The molecule has 1 fully saturated rings. The fraction of sp³-hybridized carbons (Fsp3) is 0.500. The standard InChI is InChI=1S/C28H40N6O5S/c1-19(2)15-34-17-20(21-14-30-33(3)16-21)12-24(27(34)35)32-23-8-10-28(11-9-23,18-31-40(29,36)37)22-6-7-25(38-4)26(13-22)39-5/h6-7,12-14,16-17,19,23,31-32H,8-11,15,18H2,1-5H3,(H2,29,36,37)/t23-,28+. The minimum Gasteiger partial charge on any atom is -0.493 e. The molecule has 1 saturated carbocycles.